The van der Waals surface area contributed by atoms with E-state index in [9.17, 15) is 14.4 Å². The van der Waals surface area contributed by atoms with Crippen molar-refractivity contribution in [2.45, 2.75) is 103 Å². The lowest BCUT2D eigenvalue weighted by Gasteiger charge is -2.32. The maximum Gasteiger partial charge on any atom is 0.408 e. The van der Waals surface area contributed by atoms with Crippen LogP contribution >= 0.6 is 0 Å². The Labute approximate surface area is 208 Å². The summed E-state index contributed by atoms with van der Waals surface area (Å²) in [6.07, 6.45) is 8.10. The summed E-state index contributed by atoms with van der Waals surface area (Å²) < 4.78 is 5.42. The second kappa shape index (κ2) is 11.9. The van der Waals surface area contributed by atoms with Crippen LogP contribution in [0.15, 0.2) is 5.16 Å². The van der Waals surface area contributed by atoms with Crippen molar-refractivity contribution in [3.63, 3.8) is 0 Å². The van der Waals surface area contributed by atoms with Crippen molar-refractivity contribution in [3.05, 3.63) is 0 Å². The van der Waals surface area contributed by atoms with E-state index in [0.29, 0.717) is 25.4 Å². The number of amidine groups is 1. The number of likely N-dealkylation sites (tertiary alicyclic amines) is 1. The van der Waals surface area contributed by atoms with Gasteiger partial charge in [-0.05, 0) is 84.0 Å². The number of carbonyl (C=O) groups excluding carboxylic acids is 3. The van der Waals surface area contributed by atoms with E-state index in [4.69, 9.17) is 15.7 Å². The first-order chi connectivity index (χ1) is 16.6. The monoisotopic (exact) mass is 493 g/mol. The van der Waals surface area contributed by atoms with Crippen molar-refractivity contribution in [3.8, 4) is 0 Å². The molecule has 10 nitrogen and oxygen atoms in total. The van der Waals surface area contributed by atoms with Crippen LogP contribution in [-0.2, 0) is 14.3 Å². The zero-order valence-corrected chi connectivity index (χ0v) is 21.4. The van der Waals surface area contributed by atoms with Gasteiger partial charge in [0.2, 0.25) is 11.8 Å². The lowest BCUT2D eigenvalue weighted by atomic mass is 9.81. The van der Waals surface area contributed by atoms with Gasteiger partial charge in [-0.15, -0.1) is 0 Å². The highest BCUT2D eigenvalue weighted by Gasteiger charge is 2.41. The Kier molecular flexibility index (Phi) is 9.24. The minimum atomic E-state index is -0.672. The van der Waals surface area contributed by atoms with E-state index >= 15 is 0 Å². The number of nitrogens with zero attached hydrogens (tertiary/aromatic N) is 2. The number of hydrogen-bond donors (Lipinski definition) is 4. The molecule has 0 unspecified atom stereocenters. The smallest absolute Gasteiger partial charge is 0.408 e. The molecule has 2 aliphatic carbocycles. The summed E-state index contributed by atoms with van der Waals surface area (Å²) >= 11 is 0. The molecule has 3 fully saturated rings. The van der Waals surface area contributed by atoms with E-state index < -0.39 is 23.8 Å². The van der Waals surface area contributed by atoms with E-state index in [2.05, 4.69) is 15.8 Å². The Morgan fingerprint density at radius 3 is 2.31 bits per heavy atom. The third-order valence-electron chi connectivity index (χ3n) is 7.59. The molecule has 3 aliphatic rings. The molecule has 0 aromatic carbocycles. The molecule has 35 heavy (non-hydrogen) atoms. The maximum atomic E-state index is 13.6. The quantitative estimate of drug-likeness (QED) is 0.186. The number of ether oxygens (including phenoxy) is 1. The minimum Gasteiger partial charge on any atom is -0.444 e. The van der Waals surface area contributed by atoms with Crippen LogP contribution in [0, 0.1) is 17.8 Å². The van der Waals surface area contributed by atoms with Crippen molar-refractivity contribution < 1.29 is 24.3 Å². The number of oxime groups is 1. The molecule has 5 N–H and O–H groups in total. The van der Waals surface area contributed by atoms with Crippen LogP contribution in [-0.4, -0.2) is 64.6 Å². The molecular weight excluding hydrogens is 450 g/mol. The summed E-state index contributed by atoms with van der Waals surface area (Å²) in [5.74, 6) is 0.470. The predicted molar refractivity (Wildman–Crippen MR) is 132 cm³/mol. The van der Waals surface area contributed by atoms with Gasteiger partial charge in [0.1, 0.15) is 23.5 Å². The summed E-state index contributed by atoms with van der Waals surface area (Å²) in [7, 11) is 0. The molecule has 0 radical (unpaired) electrons. The van der Waals surface area contributed by atoms with Crippen LogP contribution in [0.1, 0.15) is 85.0 Å². The van der Waals surface area contributed by atoms with Gasteiger partial charge in [0.05, 0.1) is 0 Å². The fourth-order valence-electron chi connectivity index (χ4n) is 5.69. The third kappa shape index (κ3) is 7.48. The Hall–Kier alpha value is -2.52. The average Bonchev–Trinajstić information content (AvgIpc) is 3.52. The lowest BCUT2D eigenvalue weighted by molar-refractivity contribution is -0.141. The topological polar surface area (TPSA) is 146 Å². The van der Waals surface area contributed by atoms with Crippen molar-refractivity contribution in [2.24, 2.45) is 28.6 Å². The van der Waals surface area contributed by atoms with Crippen LogP contribution in [0.25, 0.3) is 0 Å². The Morgan fingerprint density at radius 2 is 1.71 bits per heavy atom. The van der Waals surface area contributed by atoms with Gasteiger partial charge in [-0.25, -0.2) is 4.79 Å². The maximum absolute atomic E-state index is 13.6. The van der Waals surface area contributed by atoms with Gasteiger partial charge >= 0.3 is 6.09 Å². The number of amides is 3. The fourth-order valence-corrected chi connectivity index (χ4v) is 5.69. The molecule has 2 atom stereocenters. The summed E-state index contributed by atoms with van der Waals surface area (Å²) in [6.45, 7) is 6.45. The first kappa shape index (κ1) is 27.1. The molecule has 0 spiro atoms. The summed E-state index contributed by atoms with van der Waals surface area (Å²) in [6, 6.07) is -1.19. The molecule has 3 amide bonds. The van der Waals surface area contributed by atoms with Crippen molar-refractivity contribution >= 4 is 23.7 Å². The molecule has 1 aliphatic heterocycles. The highest BCUT2D eigenvalue weighted by Crippen LogP contribution is 2.31. The number of nitrogens with one attached hydrogen (secondary N) is 2. The summed E-state index contributed by atoms with van der Waals surface area (Å²) in [5, 5.41) is 17.9. The van der Waals surface area contributed by atoms with Crippen LogP contribution < -0.4 is 16.4 Å². The van der Waals surface area contributed by atoms with Gasteiger partial charge in [-0.2, -0.15) is 0 Å². The standard InChI is InChI=1S/C25H43N5O5/c1-25(2,3)35-24(33)28-20(17-7-4-5-8-17)23(32)30-14-6-9-19(30)22(31)27-15-16-10-12-18(13-11-16)21(26)29-34/h16-20,34H,4-15H2,1-3H3,(H2,26,29)(H,27,31)(H,28,33)/t16-,18-,19-,20+/m0/s1. The Morgan fingerprint density at radius 1 is 1.06 bits per heavy atom. The van der Waals surface area contributed by atoms with Gasteiger partial charge in [0, 0.05) is 19.0 Å². The van der Waals surface area contributed by atoms with Crippen LogP contribution in [0.4, 0.5) is 4.79 Å². The molecule has 1 heterocycles. The zero-order chi connectivity index (χ0) is 25.6. The van der Waals surface area contributed by atoms with E-state index in [1.54, 1.807) is 25.7 Å². The second-order valence-electron chi connectivity index (χ2n) is 11.3. The number of alkyl carbamates (subject to hydrolysis) is 1. The van der Waals surface area contributed by atoms with Crippen LogP contribution in [0.5, 0.6) is 0 Å². The van der Waals surface area contributed by atoms with Crippen molar-refractivity contribution in [2.75, 3.05) is 13.1 Å². The van der Waals surface area contributed by atoms with Gasteiger partial charge in [0.15, 0.2) is 0 Å². The fraction of sp³-hybridized carbons (Fsp3) is 0.840. The second-order valence-corrected chi connectivity index (χ2v) is 11.3. The van der Waals surface area contributed by atoms with Crippen molar-refractivity contribution in [1.82, 2.24) is 15.5 Å². The van der Waals surface area contributed by atoms with Gasteiger partial charge < -0.3 is 31.2 Å². The van der Waals surface area contributed by atoms with Crippen molar-refractivity contribution in [1.29, 1.82) is 0 Å². The van der Waals surface area contributed by atoms with E-state index in [1.165, 1.54) is 0 Å². The molecule has 3 rings (SSSR count). The van der Waals surface area contributed by atoms with E-state index in [0.717, 1.165) is 57.8 Å². The molecule has 10 heteroatoms. The number of rotatable bonds is 7. The number of carbonyl (C=O) groups is 3. The summed E-state index contributed by atoms with van der Waals surface area (Å²) in [5.41, 5.74) is 5.08. The first-order valence-electron chi connectivity index (χ1n) is 13.1. The minimum absolute atomic E-state index is 0.0596. The lowest BCUT2D eigenvalue weighted by Crippen LogP contribution is -2.56. The normalized spacial score (nSPS) is 26.9. The molecular formula is C25H43N5O5. The van der Waals surface area contributed by atoms with Crippen LogP contribution in [0.2, 0.25) is 0 Å². The third-order valence-corrected chi connectivity index (χ3v) is 7.59. The highest BCUT2D eigenvalue weighted by atomic mass is 16.6. The average molecular weight is 494 g/mol. The Bertz CT molecular complexity index is 782. The zero-order valence-electron chi connectivity index (χ0n) is 21.4. The highest BCUT2D eigenvalue weighted by molar-refractivity contribution is 5.92. The molecule has 198 valence electrons. The molecule has 0 aromatic heterocycles. The van der Waals surface area contributed by atoms with E-state index in [1.807, 2.05) is 0 Å². The molecule has 0 bridgehead atoms. The molecule has 2 saturated carbocycles. The van der Waals surface area contributed by atoms with Gasteiger partial charge in [0.25, 0.3) is 0 Å². The largest absolute Gasteiger partial charge is 0.444 e. The van der Waals surface area contributed by atoms with E-state index in [-0.39, 0.29) is 29.5 Å². The number of nitrogens with two attached hydrogens (primary N) is 1. The summed E-state index contributed by atoms with van der Waals surface area (Å²) in [4.78, 5) is 40.9. The molecule has 0 aromatic rings. The predicted octanol–water partition coefficient (Wildman–Crippen LogP) is 2.73. The van der Waals surface area contributed by atoms with Crippen LogP contribution in [0.3, 0.4) is 0 Å². The van der Waals surface area contributed by atoms with Gasteiger partial charge in [-0.1, -0.05) is 18.0 Å². The molecule has 1 saturated heterocycles. The van der Waals surface area contributed by atoms with Gasteiger partial charge in [-0.3, -0.25) is 9.59 Å². The first-order valence-corrected chi connectivity index (χ1v) is 13.1. The SMILES string of the molecule is CC(C)(C)OC(=O)N[C@@H](C(=O)N1CCC[C@H]1C(=O)NC[C@H]1CC[C@H](C(N)=NO)CC1)C1CCCC1. The number of hydrogen-bond acceptors (Lipinski definition) is 6. The Balaban J connectivity index is 1.57.